The number of carbonyl (C=O) groups is 1. The van der Waals surface area contributed by atoms with Gasteiger partial charge in [0, 0.05) is 26.3 Å². The summed E-state index contributed by atoms with van der Waals surface area (Å²) < 4.78 is 15.3. The molecule has 0 radical (unpaired) electrons. The number of benzene rings is 1. The van der Waals surface area contributed by atoms with Crippen LogP contribution in [0.5, 0.6) is 0 Å². The van der Waals surface area contributed by atoms with E-state index in [0.717, 1.165) is 4.57 Å². The predicted octanol–water partition coefficient (Wildman–Crippen LogP) is 1.44. The summed E-state index contributed by atoms with van der Waals surface area (Å²) in [7, 11) is 2.87. The number of pyridine rings is 1. The lowest BCUT2D eigenvalue weighted by atomic mass is 10.2. The van der Waals surface area contributed by atoms with E-state index in [1.54, 1.807) is 6.92 Å². The summed E-state index contributed by atoms with van der Waals surface area (Å²) >= 11 is 0. The fraction of sp³-hybridized carbons (Fsp3) is 0.222. The first-order valence-corrected chi connectivity index (χ1v) is 7.99. The zero-order chi connectivity index (χ0) is 19.0. The van der Waals surface area contributed by atoms with Crippen LogP contribution in [0.4, 0.5) is 10.1 Å². The highest BCUT2D eigenvalue weighted by molar-refractivity contribution is 6.05. The van der Waals surface area contributed by atoms with E-state index in [-0.39, 0.29) is 16.7 Å². The van der Waals surface area contributed by atoms with Crippen molar-refractivity contribution in [3.8, 4) is 0 Å². The second-order valence-corrected chi connectivity index (χ2v) is 5.80. The third kappa shape index (κ3) is 2.79. The second kappa shape index (κ2) is 6.55. The summed E-state index contributed by atoms with van der Waals surface area (Å²) in [6.07, 6.45) is 0. The summed E-state index contributed by atoms with van der Waals surface area (Å²) in [6, 6.07) is 8.48. The van der Waals surface area contributed by atoms with Crippen molar-refractivity contribution in [1.29, 1.82) is 0 Å². The number of amides is 1. The molecule has 2 heterocycles. The average Bonchev–Trinajstić information content (AvgIpc) is 2.66. The Labute approximate surface area is 147 Å². The fourth-order valence-electron chi connectivity index (χ4n) is 2.78. The van der Waals surface area contributed by atoms with Crippen LogP contribution in [0.1, 0.15) is 17.4 Å². The van der Waals surface area contributed by atoms with Crippen LogP contribution in [-0.2, 0) is 14.1 Å². The predicted molar refractivity (Wildman–Crippen MR) is 96.0 cm³/mol. The topological polar surface area (TPSA) is 77.2 Å². The van der Waals surface area contributed by atoms with Gasteiger partial charge in [0.25, 0.3) is 11.5 Å². The lowest BCUT2D eigenvalue weighted by molar-refractivity contribution is 0.0984. The lowest BCUT2D eigenvalue weighted by Crippen LogP contribution is -2.38. The van der Waals surface area contributed by atoms with Gasteiger partial charge in [0.1, 0.15) is 17.2 Å². The third-order valence-electron chi connectivity index (χ3n) is 4.22. The van der Waals surface area contributed by atoms with Gasteiger partial charge in [0.05, 0.1) is 5.39 Å². The molecule has 0 aliphatic carbocycles. The zero-order valence-corrected chi connectivity index (χ0v) is 14.6. The van der Waals surface area contributed by atoms with Gasteiger partial charge in [-0.3, -0.25) is 18.7 Å². The number of halogens is 1. The van der Waals surface area contributed by atoms with Gasteiger partial charge in [-0.25, -0.2) is 14.2 Å². The van der Waals surface area contributed by atoms with Gasteiger partial charge in [0.2, 0.25) is 0 Å². The van der Waals surface area contributed by atoms with Gasteiger partial charge in [-0.1, -0.05) is 0 Å². The first-order valence-electron chi connectivity index (χ1n) is 7.99. The van der Waals surface area contributed by atoms with E-state index >= 15 is 0 Å². The van der Waals surface area contributed by atoms with E-state index in [9.17, 15) is 18.8 Å². The second-order valence-electron chi connectivity index (χ2n) is 5.80. The highest BCUT2D eigenvalue weighted by Crippen LogP contribution is 2.18. The molecule has 0 atom stereocenters. The molecular weight excluding hydrogens is 339 g/mol. The highest BCUT2D eigenvalue weighted by Gasteiger charge is 2.19. The molecule has 8 heteroatoms. The molecule has 1 aromatic carbocycles. The van der Waals surface area contributed by atoms with Crippen LogP contribution in [0.2, 0.25) is 0 Å². The highest BCUT2D eigenvalue weighted by atomic mass is 19.1. The maximum atomic E-state index is 13.1. The van der Waals surface area contributed by atoms with Crippen LogP contribution in [0, 0.1) is 5.82 Å². The molecule has 0 aliphatic rings. The molecule has 3 rings (SSSR count). The van der Waals surface area contributed by atoms with E-state index < -0.39 is 23.0 Å². The molecule has 0 saturated heterocycles. The number of carbonyl (C=O) groups excluding carboxylic acids is 1. The number of hydrogen-bond donors (Lipinski definition) is 0. The van der Waals surface area contributed by atoms with Crippen molar-refractivity contribution in [1.82, 2.24) is 14.1 Å². The molecule has 0 N–H and O–H groups in total. The Morgan fingerprint density at radius 2 is 1.73 bits per heavy atom. The van der Waals surface area contributed by atoms with E-state index in [1.165, 1.54) is 60.0 Å². The third-order valence-corrected chi connectivity index (χ3v) is 4.22. The number of aromatic nitrogens is 3. The van der Waals surface area contributed by atoms with Crippen LogP contribution in [0.3, 0.4) is 0 Å². The number of rotatable bonds is 3. The van der Waals surface area contributed by atoms with Gasteiger partial charge in [-0.05, 0) is 43.3 Å². The molecule has 2 aromatic heterocycles. The summed E-state index contributed by atoms with van der Waals surface area (Å²) in [6.45, 7) is 2.13. The summed E-state index contributed by atoms with van der Waals surface area (Å²) in [5.41, 5.74) is -0.240. The van der Waals surface area contributed by atoms with E-state index in [2.05, 4.69) is 4.98 Å². The van der Waals surface area contributed by atoms with Gasteiger partial charge in [-0.15, -0.1) is 0 Å². The number of nitrogens with zero attached hydrogens (tertiary/aromatic N) is 4. The summed E-state index contributed by atoms with van der Waals surface area (Å²) in [4.78, 5) is 42.8. The number of fused-ring (bicyclic) bond motifs is 1. The normalized spacial score (nSPS) is 10.9. The van der Waals surface area contributed by atoms with Crippen molar-refractivity contribution < 1.29 is 9.18 Å². The van der Waals surface area contributed by atoms with E-state index in [0.29, 0.717) is 12.2 Å². The van der Waals surface area contributed by atoms with Crippen LogP contribution >= 0.6 is 0 Å². The molecular formula is C18H17FN4O3. The van der Waals surface area contributed by atoms with Crippen LogP contribution in [0.15, 0.2) is 46.0 Å². The van der Waals surface area contributed by atoms with E-state index in [4.69, 9.17) is 0 Å². The number of anilines is 1. The molecule has 0 bridgehead atoms. The van der Waals surface area contributed by atoms with E-state index in [1.807, 2.05) is 0 Å². The number of aryl methyl sites for hydroxylation is 1. The Balaban J connectivity index is 2.12. The Hall–Kier alpha value is -3.29. The quantitative estimate of drug-likeness (QED) is 0.711. The Bertz CT molecular complexity index is 1120. The minimum absolute atomic E-state index is 0.0897. The lowest BCUT2D eigenvalue weighted by Gasteiger charge is -2.21. The van der Waals surface area contributed by atoms with Crippen LogP contribution in [0.25, 0.3) is 11.0 Å². The fourth-order valence-corrected chi connectivity index (χ4v) is 2.78. The Kier molecular flexibility index (Phi) is 4.41. The standard InChI is InChI=1S/C18H17FN4O3/c1-4-23(12-7-5-11(19)6-8-12)17(25)14-10-9-13-15(20-14)21(2)18(26)22(3)16(13)24/h5-10H,4H2,1-3H3. The van der Waals surface area contributed by atoms with Crippen molar-refractivity contribution in [3.05, 3.63) is 68.7 Å². The van der Waals surface area contributed by atoms with Crippen molar-refractivity contribution in [2.45, 2.75) is 6.92 Å². The average molecular weight is 356 g/mol. The SMILES string of the molecule is CCN(C(=O)c1ccc2c(=O)n(C)c(=O)n(C)c2n1)c1ccc(F)cc1. The molecule has 134 valence electrons. The van der Waals surface area contributed by atoms with Gasteiger partial charge in [-0.2, -0.15) is 0 Å². The molecule has 0 saturated carbocycles. The maximum Gasteiger partial charge on any atom is 0.332 e. The van der Waals surface area contributed by atoms with Crippen molar-refractivity contribution in [2.24, 2.45) is 14.1 Å². The van der Waals surface area contributed by atoms with Gasteiger partial charge < -0.3 is 4.90 Å². The molecule has 3 aromatic rings. The molecule has 0 fully saturated rings. The van der Waals surface area contributed by atoms with Crippen molar-refractivity contribution in [3.63, 3.8) is 0 Å². The van der Waals surface area contributed by atoms with Gasteiger partial charge in [0.15, 0.2) is 0 Å². The zero-order valence-electron chi connectivity index (χ0n) is 14.6. The molecule has 7 nitrogen and oxygen atoms in total. The summed E-state index contributed by atoms with van der Waals surface area (Å²) in [5.74, 6) is -0.805. The van der Waals surface area contributed by atoms with Crippen molar-refractivity contribution in [2.75, 3.05) is 11.4 Å². The maximum absolute atomic E-state index is 13.1. The van der Waals surface area contributed by atoms with Gasteiger partial charge >= 0.3 is 5.69 Å². The van der Waals surface area contributed by atoms with Crippen molar-refractivity contribution >= 4 is 22.6 Å². The molecule has 0 unspecified atom stereocenters. The first kappa shape index (κ1) is 17.5. The molecule has 26 heavy (non-hydrogen) atoms. The monoisotopic (exact) mass is 356 g/mol. The molecule has 0 aliphatic heterocycles. The smallest absolute Gasteiger partial charge is 0.307 e. The summed E-state index contributed by atoms with van der Waals surface area (Å²) in [5, 5.41) is 0.246. The first-order chi connectivity index (χ1) is 12.3. The Morgan fingerprint density at radius 3 is 2.35 bits per heavy atom. The largest absolute Gasteiger partial charge is 0.332 e. The minimum atomic E-state index is -0.523. The van der Waals surface area contributed by atoms with Crippen LogP contribution in [-0.4, -0.2) is 26.6 Å². The van der Waals surface area contributed by atoms with Crippen LogP contribution < -0.4 is 16.1 Å². The minimum Gasteiger partial charge on any atom is -0.307 e. The molecule has 1 amide bonds. The number of hydrogen-bond acceptors (Lipinski definition) is 4. The Morgan fingerprint density at radius 1 is 1.08 bits per heavy atom. The molecule has 0 spiro atoms.